The molecule has 0 radical (unpaired) electrons. The number of aliphatic hydroxyl groups is 1. The fourth-order valence-electron chi connectivity index (χ4n) is 1.67. The first kappa shape index (κ1) is 17.5. The maximum absolute atomic E-state index is 13.6. The Labute approximate surface area is 122 Å². The molecule has 1 unspecified atom stereocenters. The highest BCUT2D eigenvalue weighted by molar-refractivity contribution is 7.89. The van der Waals surface area contributed by atoms with E-state index in [0.717, 1.165) is 10.4 Å². The monoisotopic (exact) mass is 320 g/mol. The molecule has 0 aliphatic heterocycles. The van der Waals surface area contributed by atoms with Gasteiger partial charge in [-0.1, -0.05) is 0 Å². The summed E-state index contributed by atoms with van der Waals surface area (Å²) in [5.74, 6) is -1.05. The molecule has 1 aromatic rings. The first-order valence-electron chi connectivity index (χ1n) is 6.16. The Bertz CT molecular complexity index is 645. The summed E-state index contributed by atoms with van der Waals surface area (Å²) < 4.78 is 39.1. The summed E-state index contributed by atoms with van der Waals surface area (Å²) in [6.07, 6.45) is -0.454. The molecule has 0 fully saturated rings. The lowest BCUT2D eigenvalue weighted by Gasteiger charge is -2.18. The van der Waals surface area contributed by atoms with E-state index in [1.165, 1.54) is 20.9 Å². The normalized spacial score (nSPS) is 13.4. The molecule has 0 aromatic heterocycles. The average Bonchev–Trinajstić information content (AvgIpc) is 2.38. The molecule has 1 N–H and O–H groups in total. The van der Waals surface area contributed by atoms with Gasteiger partial charge in [0.2, 0.25) is 15.8 Å². The van der Waals surface area contributed by atoms with Crippen molar-refractivity contribution in [2.75, 3.05) is 13.6 Å². The van der Waals surface area contributed by atoms with E-state index in [4.69, 9.17) is 0 Å². The molecule has 0 aliphatic carbocycles. The second-order valence-electron chi connectivity index (χ2n) is 4.79. The van der Waals surface area contributed by atoms with Crippen LogP contribution in [0.2, 0.25) is 0 Å². The minimum Gasteiger partial charge on any atom is -0.393 e. The molecule has 0 bridgehead atoms. The number of nitrogens with zero attached hydrogens (tertiary/aromatic N) is 2. The number of benzene rings is 1. The van der Waals surface area contributed by atoms with Crippen LogP contribution in [-0.4, -0.2) is 42.4 Å². The summed E-state index contributed by atoms with van der Waals surface area (Å²) in [6.45, 7) is 2.83. The zero-order valence-corrected chi connectivity index (χ0v) is 12.7. The van der Waals surface area contributed by atoms with Gasteiger partial charge in [0.15, 0.2) is 0 Å². The minimum atomic E-state index is -3.98. The molecular formula is C12H17FN2O5S. The molecule has 0 amide bonds. The van der Waals surface area contributed by atoms with Crippen LogP contribution in [0.3, 0.4) is 0 Å². The number of hydrogen-bond donors (Lipinski definition) is 1. The van der Waals surface area contributed by atoms with Crippen LogP contribution in [0, 0.1) is 22.9 Å². The number of sulfonamides is 1. The molecule has 0 spiro atoms. The summed E-state index contributed by atoms with van der Waals surface area (Å²) in [5, 5.41) is 19.9. The molecule has 9 heteroatoms. The highest BCUT2D eigenvalue weighted by atomic mass is 32.2. The van der Waals surface area contributed by atoms with E-state index in [-0.39, 0.29) is 23.4 Å². The molecule has 0 saturated carbocycles. The number of nitro groups is 1. The SMILES string of the molecule is Cc1cc(S(=O)(=O)N(C)CCC(C)O)cc([N+](=O)[O-])c1F. The van der Waals surface area contributed by atoms with Crippen molar-refractivity contribution in [3.05, 3.63) is 33.6 Å². The molecule has 1 rings (SSSR count). The predicted molar refractivity (Wildman–Crippen MR) is 73.9 cm³/mol. The Balaban J connectivity index is 3.23. The first-order chi connectivity index (χ1) is 9.57. The number of hydrogen-bond acceptors (Lipinski definition) is 5. The lowest BCUT2D eigenvalue weighted by molar-refractivity contribution is -0.387. The fourth-order valence-corrected chi connectivity index (χ4v) is 2.96. The molecular weight excluding hydrogens is 303 g/mol. The van der Waals surface area contributed by atoms with Gasteiger partial charge in [-0.15, -0.1) is 0 Å². The topological polar surface area (TPSA) is 101 Å². The highest BCUT2D eigenvalue weighted by Gasteiger charge is 2.26. The van der Waals surface area contributed by atoms with Gasteiger partial charge in [-0.25, -0.2) is 12.7 Å². The van der Waals surface area contributed by atoms with Crippen molar-refractivity contribution in [1.82, 2.24) is 4.31 Å². The number of aliphatic hydroxyl groups excluding tert-OH is 1. The van der Waals surface area contributed by atoms with Gasteiger partial charge < -0.3 is 5.11 Å². The van der Waals surface area contributed by atoms with Crippen molar-refractivity contribution in [3.63, 3.8) is 0 Å². The Hall–Kier alpha value is -1.58. The smallest absolute Gasteiger partial charge is 0.306 e. The molecule has 0 saturated heterocycles. The average molecular weight is 320 g/mol. The van der Waals surface area contributed by atoms with Crippen LogP contribution >= 0.6 is 0 Å². The third-order valence-corrected chi connectivity index (χ3v) is 4.81. The van der Waals surface area contributed by atoms with Gasteiger partial charge in [-0.3, -0.25) is 10.1 Å². The van der Waals surface area contributed by atoms with Crippen molar-refractivity contribution in [2.24, 2.45) is 0 Å². The standard InChI is InChI=1S/C12H17FN2O5S/c1-8-6-10(7-11(12(8)13)15(17)18)21(19,20)14(3)5-4-9(2)16/h6-7,9,16H,4-5H2,1-3H3. The quantitative estimate of drug-likeness (QED) is 0.631. The van der Waals surface area contributed by atoms with E-state index in [1.807, 2.05) is 0 Å². The van der Waals surface area contributed by atoms with Crippen molar-refractivity contribution in [1.29, 1.82) is 0 Å². The lowest BCUT2D eigenvalue weighted by Crippen LogP contribution is -2.29. The van der Waals surface area contributed by atoms with E-state index >= 15 is 0 Å². The molecule has 1 aromatic carbocycles. The van der Waals surface area contributed by atoms with Crippen LogP contribution in [0.4, 0.5) is 10.1 Å². The van der Waals surface area contributed by atoms with E-state index in [1.54, 1.807) is 0 Å². The Kier molecular flexibility index (Phi) is 5.37. The molecule has 0 aliphatic rings. The Morgan fingerprint density at radius 3 is 2.52 bits per heavy atom. The summed E-state index contributed by atoms with van der Waals surface area (Å²) in [7, 11) is -2.68. The Morgan fingerprint density at radius 1 is 1.48 bits per heavy atom. The largest absolute Gasteiger partial charge is 0.393 e. The van der Waals surface area contributed by atoms with Gasteiger partial charge in [-0.05, 0) is 31.9 Å². The summed E-state index contributed by atoms with van der Waals surface area (Å²) in [5.41, 5.74) is -0.996. The second-order valence-corrected chi connectivity index (χ2v) is 6.84. The van der Waals surface area contributed by atoms with Crippen molar-refractivity contribution >= 4 is 15.7 Å². The predicted octanol–water partition coefficient (Wildman–Crippen LogP) is 1.43. The van der Waals surface area contributed by atoms with Gasteiger partial charge in [0.25, 0.3) is 0 Å². The summed E-state index contributed by atoms with van der Waals surface area (Å²) in [6, 6.07) is 1.76. The van der Waals surface area contributed by atoms with E-state index < -0.39 is 32.6 Å². The zero-order valence-electron chi connectivity index (χ0n) is 11.9. The molecule has 0 heterocycles. The van der Waals surface area contributed by atoms with Crippen molar-refractivity contribution < 1.29 is 22.8 Å². The van der Waals surface area contributed by atoms with Crippen LogP contribution in [0.15, 0.2) is 17.0 Å². The molecule has 118 valence electrons. The van der Waals surface area contributed by atoms with E-state index in [0.29, 0.717) is 6.07 Å². The van der Waals surface area contributed by atoms with Crippen LogP contribution in [-0.2, 0) is 10.0 Å². The third-order valence-electron chi connectivity index (χ3n) is 2.98. The molecule has 21 heavy (non-hydrogen) atoms. The minimum absolute atomic E-state index is 0.0459. The number of halogens is 1. The van der Waals surface area contributed by atoms with Crippen LogP contribution in [0.5, 0.6) is 0 Å². The van der Waals surface area contributed by atoms with Gasteiger partial charge in [0.05, 0.1) is 15.9 Å². The number of aryl methyl sites for hydroxylation is 1. The second kappa shape index (κ2) is 6.46. The van der Waals surface area contributed by atoms with Crippen LogP contribution in [0.1, 0.15) is 18.9 Å². The fraction of sp³-hybridized carbons (Fsp3) is 0.500. The molecule has 7 nitrogen and oxygen atoms in total. The first-order valence-corrected chi connectivity index (χ1v) is 7.60. The summed E-state index contributed by atoms with van der Waals surface area (Å²) in [4.78, 5) is 9.45. The van der Waals surface area contributed by atoms with Crippen molar-refractivity contribution in [2.45, 2.75) is 31.3 Å². The van der Waals surface area contributed by atoms with Gasteiger partial charge >= 0.3 is 5.69 Å². The maximum Gasteiger partial charge on any atom is 0.306 e. The molecule has 1 atom stereocenters. The maximum atomic E-state index is 13.6. The summed E-state index contributed by atoms with van der Waals surface area (Å²) >= 11 is 0. The van der Waals surface area contributed by atoms with Gasteiger partial charge in [0, 0.05) is 19.7 Å². The highest BCUT2D eigenvalue weighted by Crippen LogP contribution is 2.26. The third kappa shape index (κ3) is 3.96. The van der Waals surface area contributed by atoms with Crippen LogP contribution in [0.25, 0.3) is 0 Å². The zero-order chi connectivity index (χ0) is 16.4. The van der Waals surface area contributed by atoms with E-state index in [9.17, 15) is 28.0 Å². The lowest BCUT2D eigenvalue weighted by atomic mass is 10.2. The van der Waals surface area contributed by atoms with Gasteiger partial charge in [-0.2, -0.15) is 4.39 Å². The van der Waals surface area contributed by atoms with Crippen LogP contribution < -0.4 is 0 Å². The van der Waals surface area contributed by atoms with E-state index in [2.05, 4.69) is 0 Å². The van der Waals surface area contributed by atoms with Crippen molar-refractivity contribution in [3.8, 4) is 0 Å². The number of rotatable bonds is 6. The Morgan fingerprint density at radius 2 is 2.05 bits per heavy atom. The number of nitro benzene ring substituents is 1. The van der Waals surface area contributed by atoms with Gasteiger partial charge in [0.1, 0.15) is 0 Å².